The Morgan fingerprint density at radius 3 is 2.31 bits per heavy atom. The van der Waals surface area contributed by atoms with Gasteiger partial charge in [-0.1, -0.05) is 19.3 Å². The van der Waals surface area contributed by atoms with Gasteiger partial charge in [-0.3, -0.25) is 0 Å². The fourth-order valence-electron chi connectivity index (χ4n) is 2.12. The summed E-state index contributed by atoms with van der Waals surface area (Å²) in [6.07, 6.45) is 7.06. The Hall–Kier alpha value is -0.0800. The van der Waals surface area contributed by atoms with Crippen molar-refractivity contribution in [3.63, 3.8) is 0 Å². The summed E-state index contributed by atoms with van der Waals surface area (Å²) < 4.78 is 0. The lowest BCUT2D eigenvalue weighted by atomic mass is 9.89. The summed E-state index contributed by atoms with van der Waals surface area (Å²) in [7, 11) is 1.78. The minimum absolute atomic E-state index is 0.506. The molecule has 0 aromatic heterocycles. The van der Waals surface area contributed by atoms with E-state index in [0.717, 1.165) is 12.5 Å². The van der Waals surface area contributed by atoms with E-state index in [1.165, 1.54) is 32.1 Å². The predicted octanol–water partition coefficient (Wildman–Crippen LogP) is 2.84. The van der Waals surface area contributed by atoms with E-state index in [-0.39, 0.29) is 0 Å². The van der Waals surface area contributed by atoms with Crippen LogP contribution >= 0.6 is 0 Å². The molecule has 2 nitrogen and oxygen atoms in total. The monoisotopic (exact) mass is 185 g/mol. The lowest BCUT2D eigenvalue weighted by Crippen LogP contribution is -2.35. The Morgan fingerprint density at radius 2 is 1.85 bits per heavy atom. The number of nitrogens with zero attached hydrogens (tertiary/aromatic N) is 1. The zero-order chi connectivity index (χ0) is 9.68. The molecule has 1 saturated carbocycles. The van der Waals surface area contributed by atoms with Gasteiger partial charge in [-0.25, -0.2) is 0 Å². The molecule has 1 aliphatic carbocycles. The molecule has 0 spiro atoms. The molecule has 0 unspecified atom stereocenters. The third kappa shape index (κ3) is 3.65. The molecule has 1 fully saturated rings. The second-order valence-corrected chi connectivity index (χ2v) is 4.38. The highest BCUT2D eigenvalue weighted by Crippen LogP contribution is 2.24. The molecule has 0 aromatic rings. The average Bonchev–Trinajstić information content (AvgIpc) is 2.15. The van der Waals surface area contributed by atoms with E-state index < -0.39 is 0 Å². The van der Waals surface area contributed by atoms with Crippen LogP contribution in [0.4, 0.5) is 0 Å². The number of hydrogen-bond acceptors (Lipinski definition) is 2. The van der Waals surface area contributed by atoms with Crippen LogP contribution in [-0.4, -0.2) is 24.8 Å². The molecule has 1 aliphatic rings. The highest BCUT2D eigenvalue weighted by molar-refractivity contribution is 4.68. The van der Waals surface area contributed by atoms with Crippen molar-refractivity contribution < 1.29 is 4.84 Å². The molecular weight excluding hydrogens is 162 g/mol. The zero-order valence-corrected chi connectivity index (χ0v) is 9.25. The van der Waals surface area contributed by atoms with Gasteiger partial charge in [-0.15, -0.1) is 0 Å². The fourth-order valence-corrected chi connectivity index (χ4v) is 2.12. The van der Waals surface area contributed by atoms with Crippen LogP contribution in [0.15, 0.2) is 0 Å². The summed E-state index contributed by atoms with van der Waals surface area (Å²) in [4.78, 5) is 5.35. The molecule has 0 amide bonds. The Morgan fingerprint density at radius 1 is 1.23 bits per heavy atom. The predicted molar refractivity (Wildman–Crippen MR) is 55.4 cm³/mol. The molecule has 0 bridgehead atoms. The van der Waals surface area contributed by atoms with E-state index in [1.54, 1.807) is 7.11 Å². The van der Waals surface area contributed by atoms with E-state index in [4.69, 9.17) is 4.84 Å². The lowest BCUT2D eigenvalue weighted by molar-refractivity contribution is -0.163. The largest absolute Gasteiger partial charge is 0.302 e. The summed E-state index contributed by atoms with van der Waals surface area (Å²) in [6, 6.07) is 0.506. The van der Waals surface area contributed by atoms with Gasteiger partial charge in [-0.05, 0) is 32.6 Å². The van der Waals surface area contributed by atoms with E-state index >= 15 is 0 Å². The van der Waals surface area contributed by atoms with Crippen LogP contribution < -0.4 is 0 Å². The first-order valence-electron chi connectivity index (χ1n) is 5.54. The first kappa shape index (κ1) is 11.0. The van der Waals surface area contributed by atoms with Crippen molar-refractivity contribution in [2.75, 3.05) is 13.7 Å². The fraction of sp³-hybridized carbons (Fsp3) is 1.00. The van der Waals surface area contributed by atoms with Gasteiger partial charge in [0.1, 0.15) is 0 Å². The van der Waals surface area contributed by atoms with Crippen molar-refractivity contribution in [3.05, 3.63) is 0 Å². The van der Waals surface area contributed by atoms with E-state index in [9.17, 15) is 0 Å². The molecular formula is C11H23NO. The van der Waals surface area contributed by atoms with Gasteiger partial charge < -0.3 is 4.84 Å². The lowest BCUT2D eigenvalue weighted by Gasteiger charge is -2.30. The van der Waals surface area contributed by atoms with Gasteiger partial charge in [0, 0.05) is 12.6 Å². The standard InChI is InChI=1S/C11H23NO/c1-10(2)12(13-3)9-11-7-5-4-6-8-11/h10-11H,4-9H2,1-3H3. The van der Waals surface area contributed by atoms with Crippen LogP contribution in [0, 0.1) is 5.92 Å². The van der Waals surface area contributed by atoms with Gasteiger partial charge in [0.25, 0.3) is 0 Å². The van der Waals surface area contributed by atoms with Gasteiger partial charge in [0.15, 0.2) is 0 Å². The first-order chi connectivity index (χ1) is 6.24. The number of hydrogen-bond donors (Lipinski definition) is 0. The molecule has 1 rings (SSSR count). The summed E-state index contributed by atoms with van der Waals surface area (Å²) in [6.45, 7) is 5.49. The van der Waals surface area contributed by atoms with E-state index in [2.05, 4.69) is 18.9 Å². The molecule has 0 N–H and O–H groups in total. The second kappa shape index (κ2) is 5.61. The maximum absolute atomic E-state index is 5.35. The van der Waals surface area contributed by atoms with Crippen LogP contribution in [0.3, 0.4) is 0 Å². The maximum Gasteiger partial charge on any atom is 0.0575 e. The molecule has 2 heteroatoms. The summed E-state index contributed by atoms with van der Waals surface area (Å²) in [5.74, 6) is 0.871. The Labute approximate surface area is 82.2 Å². The highest BCUT2D eigenvalue weighted by Gasteiger charge is 2.18. The Kier molecular flexibility index (Phi) is 4.74. The van der Waals surface area contributed by atoms with Crippen LogP contribution in [0.5, 0.6) is 0 Å². The van der Waals surface area contributed by atoms with Crippen molar-refractivity contribution >= 4 is 0 Å². The van der Waals surface area contributed by atoms with Crippen LogP contribution in [0.1, 0.15) is 46.0 Å². The normalized spacial score (nSPS) is 20.1. The van der Waals surface area contributed by atoms with Crippen molar-refractivity contribution in [2.45, 2.75) is 52.0 Å². The van der Waals surface area contributed by atoms with Crippen molar-refractivity contribution in [1.82, 2.24) is 5.06 Å². The topological polar surface area (TPSA) is 12.5 Å². The van der Waals surface area contributed by atoms with Gasteiger partial charge in [0.2, 0.25) is 0 Å². The van der Waals surface area contributed by atoms with Gasteiger partial charge in [-0.2, -0.15) is 5.06 Å². The smallest absolute Gasteiger partial charge is 0.0575 e. The third-order valence-corrected chi connectivity index (χ3v) is 2.97. The maximum atomic E-state index is 5.35. The summed E-state index contributed by atoms with van der Waals surface area (Å²) >= 11 is 0. The third-order valence-electron chi connectivity index (χ3n) is 2.97. The minimum Gasteiger partial charge on any atom is -0.302 e. The van der Waals surface area contributed by atoms with Crippen molar-refractivity contribution in [2.24, 2.45) is 5.92 Å². The molecule has 0 saturated heterocycles. The highest BCUT2D eigenvalue weighted by atomic mass is 16.7. The van der Waals surface area contributed by atoms with Crippen molar-refractivity contribution in [1.29, 1.82) is 0 Å². The first-order valence-corrected chi connectivity index (χ1v) is 5.54. The molecule has 13 heavy (non-hydrogen) atoms. The minimum atomic E-state index is 0.506. The van der Waals surface area contributed by atoms with Crippen LogP contribution in [0.2, 0.25) is 0 Å². The SMILES string of the molecule is CON(CC1CCCCC1)C(C)C. The Balaban J connectivity index is 2.27. The van der Waals surface area contributed by atoms with E-state index in [0.29, 0.717) is 6.04 Å². The van der Waals surface area contributed by atoms with Gasteiger partial charge >= 0.3 is 0 Å². The van der Waals surface area contributed by atoms with Crippen LogP contribution in [0.25, 0.3) is 0 Å². The summed E-state index contributed by atoms with van der Waals surface area (Å²) in [5, 5.41) is 2.11. The molecule has 0 atom stereocenters. The molecule has 78 valence electrons. The Bertz CT molecular complexity index is 130. The number of rotatable bonds is 4. The summed E-state index contributed by atoms with van der Waals surface area (Å²) in [5.41, 5.74) is 0. The molecule has 0 aromatic carbocycles. The number of hydroxylamine groups is 2. The average molecular weight is 185 g/mol. The zero-order valence-electron chi connectivity index (χ0n) is 9.25. The molecule has 0 heterocycles. The van der Waals surface area contributed by atoms with Crippen LogP contribution in [-0.2, 0) is 4.84 Å². The quantitative estimate of drug-likeness (QED) is 0.624. The van der Waals surface area contributed by atoms with Crippen molar-refractivity contribution in [3.8, 4) is 0 Å². The van der Waals surface area contributed by atoms with E-state index in [1.807, 2.05) is 0 Å². The molecule has 0 aliphatic heterocycles. The van der Waals surface area contributed by atoms with Gasteiger partial charge in [0.05, 0.1) is 7.11 Å². The second-order valence-electron chi connectivity index (χ2n) is 4.38. The molecule has 0 radical (unpaired) electrons.